The lowest BCUT2D eigenvalue weighted by Crippen LogP contribution is -3.00. The van der Waals surface area contributed by atoms with Crippen molar-refractivity contribution < 1.29 is 44.4 Å². The van der Waals surface area contributed by atoms with Gasteiger partial charge in [0.15, 0.2) is 6.54 Å². The molecule has 24 heavy (non-hydrogen) atoms. The zero-order chi connectivity index (χ0) is 17.1. The van der Waals surface area contributed by atoms with Crippen molar-refractivity contribution in [2.24, 2.45) is 0 Å². The van der Waals surface area contributed by atoms with Gasteiger partial charge < -0.3 is 35.0 Å². The lowest BCUT2D eigenvalue weighted by molar-refractivity contribution is -0.517. The van der Waals surface area contributed by atoms with Gasteiger partial charge in [0.2, 0.25) is 6.34 Å². The number of esters is 1. The molecule has 1 heterocycles. The summed E-state index contributed by atoms with van der Waals surface area (Å²) in [6.07, 6.45) is 6.08. The van der Waals surface area contributed by atoms with E-state index in [-0.39, 0.29) is 23.0 Å². The van der Waals surface area contributed by atoms with E-state index in [1.54, 1.807) is 21.3 Å². The van der Waals surface area contributed by atoms with Crippen molar-refractivity contribution >= 4 is 32.9 Å². The van der Waals surface area contributed by atoms with E-state index in [4.69, 9.17) is 18.0 Å². The zero-order valence-electron chi connectivity index (χ0n) is 15.0. The average molecular weight is 445 g/mol. The van der Waals surface area contributed by atoms with Crippen LogP contribution in [0.1, 0.15) is 12.8 Å². The Kier molecular flexibility index (Phi) is 13.0. The Bertz CT molecular complexity index is 391. The molecule has 1 aliphatic rings. The van der Waals surface area contributed by atoms with Gasteiger partial charge in [-0.1, -0.05) is 0 Å². The molecule has 0 saturated heterocycles. The summed E-state index contributed by atoms with van der Waals surface area (Å²) in [5.74, 6) is 0.215. The second-order valence-electron chi connectivity index (χ2n) is 5.30. The molecule has 0 fully saturated rings. The molecule has 0 aromatic rings. The lowest BCUT2D eigenvalue weighted by atomic mass is 10.3. The van der Waals surface area contributed by atoms with E-state index in [1.807, 2.05) is 17.2 Å². The lowest BCUT2D eigenvalue weighted by Gasteiger charge is -2.25. The van der Waals surface area contributed by atoms with Crippen LogP contribution in [0, 0.1) is 0 Å². The van der Waals surface area contributed by atoms with Gasteiger partial charge >= 0.3 is 14.8 Å². The minimum atomic E-state index is -2.56. The van der Waals surface area contributed by atoms with Gasteiger partial charge in [0.1, 0.15) is 5.94 Å². The fourth-order valence-corrected chi connectivity index (χ4v) is 4.36. The van der Waals surface area contributed by atoms with Gasteiger partial charge in [0.25, 0.3) is 0 Å². The number of nitrogens with zero attached hydrogens (tertiary/aromatic N) is 2. The molecule has 7 nitrogen and oxygen atoms in total. The molecule has 0 radical (unpaired) electrons. The maximum atomic E-state index is 11.8. The molecule has 1 aliphatic heterocycles. The molecule has 0 N–H and O–H groups in total. The van der Waals surface area contributed by atoms with E-state index in [0.29, 0.717) is 18.5 Å². The smallest absolute Gasteiger partial charge is 0.504 e. The first kappa shape index (κ1) is 23.9. The quantitative estimate of drug-likeness (QED) is 0.165. The third-order valence-electron chi connectivity index (χ3n) is 3.78. The number of hydrogen-bond donors (Lipinski definition) is 0. The van der Waals surface area contributed by atoms with Crippen LogP contribution in [0.5, 0.6) is 0 Å². The summed E-state index contributed by atoms with van der Waals surface area (Å²) in [5, 5.41) is 0. The Morgan fingerprint density at radius 1 is 1.25 bits per heavy atom. The van der Waals surface area contributed by atoms with Crippen LogP contribution in [0.15, 0.2) is 0 Å². The summed E-state index contributed by atoms with van der Waals surface area (Å²) < 4.78 is 23.5. The second-order valence-corrected chi connectivity index (χ2v) is 9.20. The zero-order valence-corrected chi connectivity index (χ0v) is 18.4. The Balaban J connectivity index is 0.00000529. The Morgan fingerprint density at radius 2 is 1.92 bits per heavy atom. The van der Waals surface area contributed by atoms with Crippen molar-refractivity contribution in [2.75, 3.05) is 59.7 Å². The highest BCUT2D eigenvalue weighted by atomic mass is 79.9. The number of thioether (sulfide) groups is 1. The number of hydrogen-bond acceptors (Lipinski definition) is 7. The van der Waals surface area contributed by atoms with Crippen LogP contribution in [0.2, 0.25) is 6.04 Å². The third kappa shape index (κ3) is 8.30. The van der Waals surface area contributed by atoms with Crippen molar-refractivity contribution in [1.29, 1.82) is 0 Å². The number of carbonyl (C=O) groups excluding carboxylic acids is 1. The molecule has 0 saturated carbocycles. The molecule has 0 amide bonds. The standard InChI is InChI=1S/C14H29N2O5SSi.BrH/c1-18-23(19-2,20-3)10-9-15-7-5-6-8-16(12-15)11-14(17)21-13-22-4;/h12H,5-11,13H2,1-4H3;1H/q+1;/p-1. The van der Waals surface area contributed by atoms with Crippen molar-refractivity contribution in [1.82, 2.24) is 4.90 Å². The van der Waals surface area contributed by atoms with E-state index in [9.17, 15) is 4.79 Å². The summed E-state index contributed by atoms with van der Waals surface area (Å²) >= 11 is 1.50. The number of halogens is 1. The fraction of sp³-hybridized carbons (Fsp3) is 0.857. The first-order valence-electron chi connectivity index (χ1n) is 7.72. The summed E-state index contributed by atoms with van der Waals surface area (Å²) in [6, 6.07) is 0.706. The van der Waals surface area contributed by atoms with E-state index in [0.717, 1.165) is 32.5 Å². The average Bonchev–Trinajstić information content (AvgIpc) is 2.80. The minimum Gasteiger partial charge on any atom is -1.00 e. The van der Waals surface area contributed by atoms with Crippen LogP contribution in [0.4, 0.5) is 0 Å². The van der Waals surface area contributed by atoms with Crippen molar-refractivity contribution in [3.63, 3.8) is 0 Å². The van der Waals surface area contributed by atoms with Crippen molar-refractivity contribution in [3.8, 4) is 0 Å². The molecule has 0 spiro atoms. The van der Waals surface area contributed by atoms with Gasteiger partial charge in [-0.2, -0.15) is 0 Å². The first-order valence-corrected chi connectivity index (χ1v) is 11.0. The summed E-state index contributed by atoms with van der Waals surface area (Å²) in [5.41, 5.74) is 0. The largest absolute Gasteiger partial charge is 1.00 e. The normalized spacial score (nSPS) is 15.3. The molecule has 10 heteroatoms. The highest BCUT2D eigenvalue weighted by Gasteiger charge is 2.39. The van der Waals surface area contributed by atoms with E-state index in [2.05, 4.69) is 4.90 Å². The van der Waals surface area contributed by atoms with E-state index >= 15 is 0 Å². The number of rotatable bonds is 10. The van der Waals surface area contributed by atoms with Gasteiger partial charge in [-0.05, 0) is 19.1 Å². The maximum absolute atomic E-state index is 11.8. The van der Waals surface area contributed by atoms with Gasteiger partial charge in [-0.25, -0.2) is 4.79 Å². The van der Waals surface area contributed by atoms with E-state index in [1.165, 1.54) is 11.8 Å². The fourth-order valence-electron chi connectivity index (χ4n) is 2.44. The van der Waals surface area contributed by atoms with Gasteiger partial charge in [0.05, 0.1) is 25.7 Å². The SMILES string of the molecule is CO[Si](CCN1C=[N+](CC(=O)OCSC)CCCC1)(OC)OC.[Br-]. The van der Waals surface area contributed by atoms with Gasteiger partial charge in [0, 0.05) is 21.3 Å². The Morgan fingerprint density at radius 3 is 2.50 bits per heavy atom. The summed E-state index contributed by atoms with van der Waals surface area (Å²) in [7, 11) is 2.31. The topological polar surface area (TPSA) is 60.2 Å². The van der Waals surface area contributed by atoms with Crippen LogP contribution in [-0.2, 0) is 22.8 Å². The molecular weight excluding hydrogens is 416 g/mol. The van der Waals surface area contributed by atoms with Gasteiger partial charge in [-0.3, -0.25) is 9.48 Å². The molecule has 0 unspecified atom stereocenters. The van der Waals surface area contributed by atoms with Crippen LogP contribution >= 0.6 is 11.8 Å². The Labute approximate surface area is 160 Å². The summed E-state index contributed by atoms with van der Waals surface area (Å²) in [6.45, 7) is 2.89. The minimum absolute atomic E-state index is 0. The first-order chi connectivity index (χ1) is 11.1. The highest BCUT2D eigenvalue weighted by Crippen LogP contribution is 2.13. The van der Waals surface area contributed by atoms with Crippen molar-refractivity contribution in [2.45, 2.75) is 18.9 Å². The van der Waals surface area contributed by atoms with E-state index < -0.39 is 8.80 Å². The molecule has 0 bridgehead atoms. The van der Waals surface area contributed by atoms with Crippen molar-refractivity contribution in [3.05, 3.63) is 0 Å². The van der Waals surface area contributed by atoms with Crippen LogP contribution in [0.25, 0.3) is 0 Å². The molecule has 1 rings (SSSR count). The Hall–Kier alpha value is -0.133. The maximum Gasteiger partial charge on any atom is 0.504 e. The second kappa shape index (κ2) is 13.1. The predicted molar refractivity (Wildman–Crippen MR) is 92.9 cm³/mol. The van der Waals surface area contributed by atoms with Crippen LogP contribution in [-0.4, -0.2) is 90.3 Å². The van der Waals surface area contributed by atoms with Crippen LogP contribution in [0.3, 0.4) is 0 Å². The molecule has 0 atom stereocenters. The molecule has 0 aromatic heterocycles. The van der Waals surface area contributed by atoms with Crippen LogP contribution < -0.4 is 17.0 Å². The molecule has 0 aromatic carbocycles. The molecular formula is C14H29BrN2O5SSi. The number of carbonyl (C=O) groups is 1. The summed E-state index contributed by atoms with van der Waals surface area (Å²) in [4.78, 5) is 14.0. The monoisotopic (exact) mass is 444 g/mol. The highest BCUT2D eigenvalue weighted by molar-refractivity contribution is 7.98. The van der Waals surface area contributed by atoms with Gasteiger partial charge in [-0.15, -0.1) is 11.8 Å². The molecule has 0 aliphatic carbocycles. The number of ether oxygens (including phenoxy) is 1. The predicted octanol–water partition coefficient (Wildman–Crippen LogP) is -2.13. The molecule has 142 valence electrons. The third-order valence-corrected chi connectivity index (χ3v) is 6.83.